The number of hydrogen-bond donors (Lipinski definition) is 1. The molecule has 0 fully saturated rings. The van der Waals surface area contributed by atoms with E-state index in [4.69, 9.17) is 32.7 Å². The van der Waals surface area contributed by atoms with Crippen molar-refractivity contribution in [3.8, 4) is 11.5 Å². The number of hydrogen-bond acceptors (Lipinski definition) is 3. The fraction of sp³-hybridized carbons (Fsp3) is 0.200. The maximum absolute atomic E-state index is 10.1. The van der Waals surface area contributed by atoms with Gasteiger partial charge in [-0.15, -0.1) is 0 Å². The first kappa shape index (κ1) is 15.0. The van der Waals surface area contributed by atoms with Gasteiger partial charge in [0.2, 0.25) is 0 Å². The average Bonchev–Trinajstić information content (AvgIpc) is 2.48. The largest absolute Gasteiger partial charge is 0.497 e. The van der Waals surface area contributed by atoms with E-state index < -0.39 is 6.10 Å². The second kappa shape index (κ2) is 6.84. The highest BCUT2D eigenvalue weighted by molar-refractivity contribution is 6.42. The molecule has 0 bridgehead atoms. The molecule has 0 aliphatic carbocycles. The summed E-state index contributed by atoms with van der Waals surface area (Å²) < 4.78 is 10.6. The fourth-order valence-corrected chi connectivity index (χ4v) is 1.97. The van der Waals surface area contributed by atoms with E-state index in [0.717, 1.165) is 5.56 Å². The normalized spacial score (nSPS) is 12.0. The van der Waals surface area contributed by atoms with Crippen LogP contribution in [0.15, 0.2) is 42.5 Å². The van der Waals surface area contributed by atoms with Crippen molar-refractivity contribution in [2.75, 3.05) is 13.7 Å². The summed E-state index contributed by atoms with van der Waals surface area (Å²) in [6.45, 7) is 0.116. The van der Waals surface area contributed by atoms with Crippen LogP contribution in [0.5, 0.6) is 11.5 Å². The van der Waals surface area contributed by atoms with Gasteiger partial charge in [-0.05, 0) is 29.8 Å². The second-order valence-corrected chi connectivity index (χ2v) is 4.99. The average molecular weight is 313 g/mol. The SMILES string of the molecule is COc1cccc(C(O)COc2ccc(Cl)c(Cl)c2)c1. The van der Waals surface area contributed by atoms with Crippen molar-refractivity contribution in [1.29, 1.82) is 0 Å². The van der Waals surface area contributed by atoms with Crippen LogP contribution in [0, 0.1) is 0 Å². The van der Waals surface area contributed by atoms with E-state index in [1.807, 2.05) is 18.2 Å². The Hall–Kier alpha value is -1.42. The quantitative estimate of drug-likeness (QED) is 0.902. The lowest BCUT2D eigenvalue weighted by atomic mass is 10.1. The first-order chi connectivity index (χ1) is 9.60. The molecule has 1 N–H and O–H groups in total. The van der Waals surface area contributed by atoms with Crippen LogP contribution in [0.25, 0.3) is 0 Å². The van der Waals surface area contributed by atoms with Crippen molar-refractivity contribution in [3.05, 3.63) is 58.1 Å². The summed E-state index contributed by atoms with van der Waals surface area (Å²) in [5, 5.41) is 11.0. The maximum Gasteiger partial charge on any atom is 0.121 e. The third kappa shape index (κ3) is 3.79. The van der Waals surface area contributed by atoms with Crippen molar-refractivity contribution >= 4 is 23.2 Å². The minimum Gasteiger partial charge on any atom is -0.497 e. The van der Waals surface area contributed by atoms with Gasteiger partial charge in [-0.3, -0.25) is 0 Å². The summed E-state index contributed by atoms with van der Waals surface area (Å²) in [6.07, 6.45) is -0.750. The van der Waals surface area contributed by atoms with Crippen molar-refractivity contribution in [3.63, 3.8) is 0 Å². The van der Waals surface area contributed by atoms with Crippen LogP contribution < -0.4 is 9.47 Å². The molecule has 0 amide bonds. The van der Waals surface area contributed by atoms with E-state index in [9.17, 15) is 5.11 Å². The number of ether oxygens (including phenoxy) is 2. The molecule has 0 aliphatic rings. The summed E-state index contributed by atoms with van der Waals surface area (Å²) in [5.74, 6) is 1.25. The number of benzene rings is 2. The molecule has 0 heterocycles. The van der Waals surface area contributed by atoms with E-state index in [0.29, 0.717) is 21.5 Å². The molecule has 2 aromatic rings. The lowest BCUT2D eigenvalue weighted by Gasteiger charge is -2.14. The van der Waals surface area contributed by atoms with Crippen LogP contribution in [-0.4, -0.2) is 18.8 Å². The molecule has 0 aliphatic heterocycles. The minimum atomic E-state index is -0.750. The molecule has 0 aromatic heterocycles. The Kier molecular flexibility index (Phi) is 5.12. The van der Waals surface area contributed by atoms with E-state index in [-0.39, 0.29) is 6.61 Å². The Morgan fingerprint density at radius 2 is 1.85 bits per heavy atom. The van der Waals surface area contributed by atoms with Crippen molar-refractivity contribution in [2.24, 2.45) is 0 Å². The van der Waals surface area contributed by atoms with Crippen LogP contribution in [0.4, 0.5) is 0 Å². The zero-order chi connectivity index (χ0) is 14.5. The van der Waals surface area contributed by atoms with Crippen molar-refractivity contribution < 1.29 is 14.6 Å². The second-order valence-electron chi connectivity index (χ2n) is 4.18. The number of aliphatic hydroxyl groups is 1. The van der Waals surface area contributed by atoms with E-state index >= 15 is 0 Å². The van der Waals surface area contributed by atoms with Crippen LogP contribution in [0.2, 0.25) is 10.0 Å². The maximum atomic E-state index is 10.1. The van der Waals surface area contributed by atoms with Crippen molar-refractivity contribution in [1.82, 2.24) is 0 Å². The van der Waals surface area contributed by atoms with Crippen LogP contribution in [0.1, 0.15) is 11.7 Å². The Morgan fingerprint density at radius 1 is 1.05 bits per heavy atom. The van der Waals surface area contributed by atoms with E-state index in [1.54, 1.807) is 31.4 Å². The van der Waals surface area contributed by atoms with Crippen LogP contribution in [0.3, 0.4) is 0 Å². The van der Waals surface area contributed by atoms with Gasteiger partial charge in [0.05, 0.1) is 17.2 Å². The molecule has 106 valence electrons. The van der Waals surface area contributed by atoms with Gasteiger partial charge in [-0.2, -0.15) is 0 Å². The molecule has 2 rings (SSSR count). The van der Waals surface area contributed by atoms with Gasteiger partial charge in [0, 0.05) is 6.07 Å². The summed E-state index contributed by atoms with van der Waals surface area (Å²) in [5.41, 5.74) is 0.726. The number of methoxy groups -OCH3 is 1. The Bertz CT molecular complexity index is 587. The number of halogens is 2. The van der Waals surface area contributed by atoms with Crippen LogP contribution >= 0.6 is 23.2 Å². The van der Waals surface area contributed by atoms with Gasteiger partial charge in [0.1, 0.15) is 24.2 Å². The summed E-state index contributed by atoms with van der Waals surface area (Å²) in [7, 11) is 1.58. The number of rotatable bonds is 5. The third-order valence-electron chi connectivity index (χ3n) is 2.78. The molecule has 1 unspecified atom stereocenters. The number of aliphatic hydroxyl groups excluding tert-OH is 1. The monoisotopic (exact) mass is 312 g/mol. The van der Waals surface area contributed by atoms with E-state index in [2.05, 4.69) is 0 Å². The highest BCUT2D eigenvalue weighted by Crippen LogP contribution is 2.27. The molecule has 2 aromatic carbocycles. The zero-order valence-corrected chi connectivity index (χ0v) is 12.4. The molecule has 0 spiro atoms. The fourth-order valence-electron chi connectivity index (χ4n) is 1.69. The van der Waals surface area contributed by atoms with Gasteiger partial charge in [0.25, 0.3) is 0 Å². The van der Waals surface area contributed by atoms with Crippen LogP contribution in [-0.2, 0) is 0 Å². The molecule has 0 saturated carbocycles. The predicted molar refractivity (Wildman–Crippen MR) is 79.9 cm³/mol. The third-order valence-corrected chi connectivity index (χ3v) is 3.52. The highest BCUT2D eigenvalue weighted by atomic mass is 35.5. The molecule has 0 saturated heterocycles. The Balaban J connectivity index is 2.00. The summed E-state index contributed by atoms with van der Waals surface area (Å²) in [6, 6.07) is 12.2. The molecule has 3 nitrogen and oxygen atoms in total. The zero-order valence-electron chi connectivity index (χ0n) is 10.8. The first-order valence-corrected chi connectivity index (χ1v) is 6.75. The standard InChI is InChI=1S/C15H14Cl2O3/c1-19-11-4-2-3-10(7-11)15(18)9-20-12-5-6-13(16)14(17)8-12/h2-8,15,18H,9H2,1H3. The topological polar surface area (TPSA) is 38.7 Å². The first-order valence-electron chi connectivity index (χ1n) is 6.00. The molecule has 1 atom stereocenters. The van der Waals surface area contributed by atoms with Gasteiger partial charge in [-0.25, -0.2) is 0 Å². The lowest BCUT2D eigenvalue weighted by molar-refractivity contribution is 0.108. The molecular weight excluding hydrogens is 299 g/mol. The van der Waals surface area contributed by atoms with Crippen molar-refractivity contribution in [2.45, 2.75) is 6.10 Å². The summed E-state index contributed by atoms with van der Waals surface area (Å²) in [4.78, 5) is 0. The van der Waals surface area contributed by atoms with Gasteiger partial charge >= 0.3 is 0 Å². The molecular formula is C15H14Cl2O3. The van der Waals surface area contributed by atoms with Gasteiger partial charge in [-0.1, -0.05) is 35.3 Å². The molecule has 0 radical (unpaired) electrons. The minimum absolute atomic E-state index is 0.116. The smallest absolute Gasteiger partial charge is 0.121 e. The van der Waals surface area contributed by atoms with Gasteiger partial charge in [0.15, 0.2) is 0 Å². The van der Waals surface area contributed by atoms with Gasteiger partial charge < -0.3 is 14.6 Å². The lowest BCUT2D eigenvalue weighted by Crippen LogP contribution is -2.09. The molecule has 20 heavy (non-hydrogen) atoms. The summed E-state index contributed by atoms with van der Waals surface area (Å²) >= 11 is 11.7. The molecule has 5 heteroatoms. The van der Waals surface area contributed by atoms with E-state index in [1.165, 1.54) is 0 Å². The Labute approximate surface area is 127 Å². The predicted octanol–water partition coefficient (Wildman–Crippen LogP) is 4.11. The highest BCUT2D eigenvalue weighted by Gasteiger charge is 2.10. The Morgan fingerprint density at radius 3 is 2.55 bits per heavy atom.